The maximum absolute atomic E-state index is 5.73. The fourth-order valence-electron chi connectivity index (χ4n) is 1.65. The molecule has 1 aliphatic rings. The van der Waals surface area contributed by atoms with Gasteiger partial charge in [-0.25, -0.2) is 0 Å². The largest absolute Gasteiger partial charge is 0.330 e. The SMILES string of the molecule is Cc1cc(CC2(CN)CC2)cs1. The summed E-state index contributed by atoms with van der Waals surface area (Å²) in [5, 5.41) is 2.27. The van der Waals surface area contributed by atoms with Crippen LogP contribution in [-0.4, -0.2) is 6.54 Å². The highest BCUT2D eigenvalue weighted by molar-refractivity contribution is 7.10. The van der Waals surface area contributed by atoms with E-state index in [0.29, 0.717) is 5.41 Å². The van der Waals surface area contributed by atoms with Crippen LogP contribution in [0.3, 0.4) is 0 Å². The summed E-state index contributed by atoms with van der Waals surface area (Å²) >= 11 is 1.84. The molecule has 0 spiro atoms. The lowest BCUT2D eigenvalue weighted by Crippen LogP contribution is -2.17. The molecule has 0 saturated heterocycles. The lowest BCUT2D eigenvalue weighted by atomic mass is 9.99. The molecule has 1 fully saturated rings. The summed E-state index contributed by atoms with van der Waals surface area (Å²) in [7, 11) is 0. The normalized spacial score (nSPS) is 19.5. The minimum Gasteiger partial charge on any atom is -0.330 e. The van der Waals surface area contributed by atoms with Gasteiger partial charge in [0, 0.05) is 4.88 Å². The summed E-state index contributed by atoms with van der Waals surface area (Å²) in [4.78, 5) is 1.41. The van der Waals surface area contributed by atoms with Crippen molar-refractivity contribution < 1.29 is 0 Å². The minimum absolute atomic E-state index is 0.494. The van der Waals surface area contributed by atoms with Crippen LogP contribution in [0.4, 0.5) is 0 Å². The van der Waals surface area contributed by atoms with Crippen LogP contribution in [0.15, 0.2) is 11.4 Å². The molecular weight excluding hydrogens is 166 g/mol. The molecule has 2 N–H and O–H groups in total. The van der Waals surface area contributed by atoms with Gasteiger partial charge in [-0.05, 0) is 55.2 Å². The summed E-state index contributed by atoms with van der Waals surface area (Å²) in [6, 6.07) is 2.29. The smallest absolute Gasteiger partial charge is 0.00170 e. The summed E-state index contributed by atoms with van der Waals surface area (Å²) < 4.78 is 0. The predicted molar refractivity (Wildman–Crippen MR) is 53.5 cm³/mol. The maximum atomic E-state index is 5.73. The molecule has 1 aromatic heterocycles. The van der Waals surface area contributed by atoms with E-state index in [0.717, 1.165) is 6.54 Å². The van der Waals surface area contributed by atoms with E-state index in [2.05, 4.69) is 18.4 Å². The fraction of sp³-hybridized carbons (Fsp3) is 0.600. The van der Waals surface area contributed by atoms with Crippen LogP contribution in [0, 0.1) is 12.3 Å². The number of aryl methyl sites for hydroxylation is 1. The van der Waals surface area contributed by atoms with E-state index in [1.165, 1.54) is 29.7 Å². The van der Waals surface area contributed by atoms with Crippen LogP contribution in [0.25, 0.3) is 0 Å². The van der Waals surface area contributed by atoms with Gasteiger partial charge in [0.1, 0.15) is 0 Å². The van der Waals surface area contributed by atoms with E-state index in [-0.39, 0.29) is 0 Å². The molecule has 0 aliphatic heterocycles. The maximum Gasteiger partial charge on any atom is 0.00170 e. The summed E-state index contributed by atoms with van der Waals surface area (Å²) in [5.74, 6) is 0. The van der Waals surface area contributed by atoms with Gasteiger partial charge in [0.15, 0.2) is 0 Å². The van der Waals surface area contributed by atoms with Crippen molar-refractivity contribution in [2.75, 3.05) is 6.54 Å². The van der Waals surface area contributed by atoms with E-state index < -0.39 is 0 Å². The number of thiophene rings is 1. The van der Waals surface area contributed by atoms with E-state index in [1.54, 1.807) is 0 Å². The topological polar surface area (TPSA) is 26.0 Å². The number of nitrogens with two attached hydrogens (primary N) is 1. The minimum atomic E-state index is 0.494. The van der Waals surface area contributed by atoms with Crippen LogP contribution in [0.1, 0.15) is 23.3 Å². The molecule has 0 atom stereocenters. The van der Waals surface area contributed by atoms with Crippen LogP contribution in [0.5, 0.6) is 0 Å². The number of hydrogen-bond acceptors (Lipinski definition) is 2. The lowest BCUT2D eigenvalue weighted by molar-refractivity contribution is 0.522. The molecule has 2 heteroatoms. The molecular formula is C10H15NS. The first-order chi connectivity index (χ1) is 5.74. The van der Waals surface area contributed by atoms with E-state index >= 15 is 0 Å². The molecule has 2 rings (SSSR count). The van der Waals surface area contributed by atoms with Gasteiger partial charge in [-0.3, -0.25) is 0 Å². The standard InChI is InChI=1S/C10H15NS/c1-8-4-9(6-12-8)5-10(7-11)2-3-10/h4,6H,2-3,5,7,11H2,1H3. The van der Waals surface area contributed by atoms with Gasteiger partial charge in [-0.15, -0.1) is 11.3 Å². The molecule has 0 radical (unpaired) electrons. The quantitative estimate of drug-likeness (QED) is 0.761. The van der Waals surface area contributed by atoms with Crippen molar-refractivity contribution in [1.82, 2.24) is 0 Å². The molecule has 0 bridgehead atoms. The van der Waals surface area contributed by atoms with E-state index in [1.807, 2.05) is 11.3 Å². The first kappa shape index (κ1) is 8.27. The van der Waals surface area contributed by atoms with Crippen LogP contribution < -0.4 is 5.73 Å². The first-order valence-corrected chi connectivity index (χ1v) is 5.36. The molecule has 1 aromatic rings. The van der Waals surface area contributed by atoms with Gasteiger partial charge in [-0.2, -0.15) is 0 Å². The second-order valence-electron chi connectivity index (χ2n) is 3.95. The zero-order chi connectivity index (χ0) is 8.60. The molecule has 0 unspecified atom stereocenters. The Hall–Kier alpha value is -0.340. The van der Waals surface area contributed by atoms with Gasteiger partial charge in [0.25, 0.3) is 0 Å². The van der Waals surface area contributed by atoms with Gasteiger partial charge >= 0.3 is 0 Å². The Kier molecular flexibility index (Phi) is 1.97. The van der Waals surface area contributed by atoms with Crippen molar-refractivity contribution >= 4 is 11.3 Å². The van der Waals surface area contributed by atoms with E-state index in [4.69, 9.17) is 5.73 Å². The Morgan fingerprint density at radius 2 is 2.33 bits per heavy atom. The fourth-order valence-corrected chi connectivity index (χ4v) is 2.36. The molecule has 1 aliphatic carbocycles. The van der Waals surface area contributed by atoms with Gasteiger partial charge in [-0.1, -0.05) is 0 Å². The number of rotatable bonds is 3. The second kappa shape index (κ2) is 2.86. The van der Waals surface area contributed by atoms with Crippen molar-refractivity contribution in [2.24, 2.45) is 11.1 Å². The zero-order valence-corrected chi connectivity index (χ0v) is 8.29. The van der Waals surface area contributed by atoms with Crippen LogP contribution in [0.2, 0.25) is 0 Å². The van der Waals surface area contributed by atoms with Gasteiger partial charge in [0.05, 0.1) is 0 Å². The molecule has 0 amide bonds. The highest BCUT2D eigenvalue weighted by Gasteiger charge is 2.40. The first-order valence-electron chi connectivity index (χ1n) is 4.48. The molecule has 0 aromatic carbocycles. The highest BCUT2D eigenvalue weighted by Crippen LogP contribution is 2.47. The summed E-state index contributed by atoms with van der Waals surface area (Å²) in [6.07, 6.45) is 3.87. The molecule has 1 heterocycles. The van der Waals surface area contributed by atoms with Crippen molar-refractivity contribution in [2.45, 2.75) is 26.2 Å². The second-order valence-corrected chi connectivity index (χ2v) is 5.06. The van der Waals surface area contributed by atoms with Crippen LogP contribution >= 0.6 is 11.3 Å². The van der Waals surface area contributed by atoms with Gasteiger partial charge in [0.2, 0.25) is 0 Å². The third-order valence-corrected chi connectivity index (χ3v) is 3.66. The number of hydrogen-bond donors (Lipinski definition) is 1. The Balaban J connectivity index is 2.04. The highest BCUT2D eigenvalue weighted by atomic mass is 32.1. The molecule has 1 saturated carbocycles. The average Bonchev–Trinajstić information content (AvgIpc) is 2.71. The van der Waals surface area contributed by atoms with Crippen LogP contribution in [-0.2, 0) is 6.42 Å². The average molecular weight is 181 g/mol. The van der Waals surface area contributed by atoms with Crippen molar-refractivity contribution in [3.63, 3.8) is 0 Å². The van der Waals surface area contributed by atoms with Crippen molar-refractivity contribution in [1.29, 1.82) is 0 Å². The van der Waals surface area contributed by atoms with Crippen molar-refractivity contribution in [3.05, 3.63) is 21.9 Å². The van der Waals surface area contributed by atoms with Crippen molar-refractivity contribution in [3.8, 4) is 0 Å². The summed E-state index contributed by atoms with van der Waals surface area (Å²) in [5.41, 5.74) is 7.71. The lowest BCUT2D eigenvalue weighted by Gasteiger charge is -2.09. The molecule has 1 nitrogen and oxygen atoms in total. The Morgan fingerprint density at radius 3 is 2.75 bits per heavy atom. The van der Waals surface area contributed by atoms with E-state index in [9.17, 15) is 0 Å². The Bertz CT molecular complexity index is 273. The zero-order valence-electron chi connectivity index (χ0n) is 7.47. The third kappa shape index (κ3) is 1.54. The summed E-state index contributed by atoms with van der Waals surface area (Å²) in [6.45, 7) is 3.03. The monoisotopic (exact) mass is 181 g/mol. The Morgan fingerprint density at radius 1 is 1.58 bits per heavy atom. The third-order valence-electron chi connectivity index (χ3n) is 2.75. The molecule has 66 valence electrons. The predicted octanol–water partition coefficient (Wildman–Crippen LogP) is 2.34. The van der Waals surface area contributed by atoms with Gasteiger partial charge < -0.3 is 5.73 Å². The molecule has 12 heavy (non-hydrogen) atoms. The Labute approximate surface area is 77.6 Å².